The lowest BCUT2D eigenvalue weighted by Gasteiger charge is -2.31. The summed E-state index contributed by atoms with van der Waals surface area (Å²) in [7, 11) is -4.08. The molecule has 1 amide bonds. The average molecular weight is 414 g/mol. The van der Waals surface area contributed by atoms with Crippen LogP contribution in [0.4, 0.5) is 4.39 Å². The molecule has 1 saturated carbocycles. The lowest BCUT2D eigenvalue weighted by Crippen LogP contribution is -2.42. The standard InChI is InChI=1S/C23H24FNO3S/c1-16-10-12-19(13-11-16)29(27,28)25-15-18(14-17-6-3-2-4-7-17)20-8-5-9-21(24)22(20)23(25)26/h5,8-14,17H,2-4,6-7,15H2,1H3/b18-14-. The van der Waals surface area contributed by atoms with Crippen LogP contribution in [0.5, 0.6) is 0 Å². The van der Waals surface area contributed by atoms with Gasteiger partial charge in [0.25, 0.3) is 15.9 Å². The van der Waals surface area contributed by atoms with Crippen LogP contribution in [-0.4, -0.2) is 25.2 Å². The van der Waals surface area contributed by atoms with Crippen LogP contribution >= 0.6 is 0 Å². The molecule has 2 aliphatic rings. The fraction of sp³-hybridized carbons (Fsp3) is 0.348. The zero-order valence-electron chi connectivity index (χ0n) is 16.4. The van der Waals surface area contributed by atoms with E-state index in [-0.39, 0.29) is 17.0 Å². The molecule has 4 rings (SSSR count). The second-order valence-corrected chi connectivity index (χ2v) is 9.74. The number of carbonyl (C=O) groups excluding carboxylic acids is 1. The Hall–Kier alpha value is -2.47. The van der Waals surface area contributed by atoms with Crippen molar-refractivity contribution in [1.82, 2.24) is 4.31 Å². The summed E-state index contributed by atoms with van der Waals surface area (Å²) in [6, 6.07) is 10.8. The van der Waals surface area contributed by atoms with Crippen molar-refractivity contribution in [3.05, 3.63) is 71.0 Å². The van der Waals surface area contributed by atoms with E-state index in [9.17, 15) is 17.6 Å². The summed E-state index contributed by atoms with van der Waals surface area (Å²) in [6.07, 6.45) is 7.60. The van der Waals surface area contributed by atoms with Gasteiger partial charge in [-0.25, -0.2) is 17.1 Å². The van der Waals surface area contributed by atoms with E-state index in [1.54, 1.807) is 24.3 Å². The van der Waals surface area contributed by atoms with Gasteiger partial charge in [-0.3, -0.25) is 4.79 Å². The van der Waals surface area contributed by atoms with Gasteiger partial charge in [0, 0.05) is 0 Å². The van der Waals surface area contributed by atoms with Crippen molar-refractivity contribution in [1.29, 1.82) is 0 Å². The smallest absolute Gasteiger partial charge is 0.268 e. The normalized spacial score (nSPS) is 19.4. The Morgan fingerprint density at radius 2 is 1.72 bits per heavy atom. The second kappa shape index (κ2) is 7.75. The zero-order chi connectivity index (χ0) is 20.6. The first-order valence-corrected chi connectivity index (χ1v) is 11.5. The van der Waals surface area contributed by atoms with Gasteiger partial charge in [0.05, 0.1) is 17.0 Å². The lowest BCUT2D eigenvalue weighted by atomic mass is 9.85. The Morgan fingerprint density at radius 3 is 2.41 bits per heavy atom. The third-order valence-corrected chi connectivity index (χ3v) is 7.55. The summed E-state index contributed by atoms with van der Waals surface area (Å²) in [5.41, 5.74) is 1.98. The van der Waals surface area contributed by atoms with Gasteiger partial charge in [0.15, 0.2) is 0 Å². The van der Waals surface area contributed by atoms with Crippen LogP contribution in [0.25, 0.3) is 5.57 Å². The molecule has 1 aliphatic heterocycles. The lowest BCUT2D eigenvalue weighted by molar-refractivity contribution is 0.0862. The molecule has 0 bridgehead atoms. The quantitative estimate of drug-likeness (QED) is 0.716. The number of sulfonamides is 1. The van der Waals surface area contributed by atoms with Crippen molar-refractivity contribution in [2.75, 3.05) is 6.54 Å². The fourth-order valence-corrected chi connectivity index (χ4v) is 5.56. The van der Waals surface area contributed by atoms with Gasteiger partial charge in [-0.15, -0.1) is 0 Å². The minimum atomic E-state index is -4.08. The van der Waals surface area contributed by atoms with Gasteiger partial charge in [-0.05, 0) is 55.0 Å². The van der Waals surface area contributed by atoms with Crippen molar-refractivity contribution in [3.8, 4) is 0 Å². The maximum Gasteiger partial charge on any atom is 0.271 e. The van der Waals surface area contributed by atoms with Gasteiger partial charge in [0.1, 0.15) is 5.82 Å². The minimum Gasteiger partial charge on any atom is -0.268 e. The first-order valence-electron chi connectivity index (χ1n) is 10.0. The van der Waals surface area contributed by atoms with E-state index in [0.717, 1.165) is 35.6 Å². The molecule has 0 unspecified atom stereocenters. The molecular formula is C23H24FNO3S. The number of hydrogen-bond acceptors (Lipinski definition) is 3. The van der Waals surface area contributed by atoms with Gasteiger partial charge < -0.3 is 0 Å². The van der Waals surface area contributed by atoms with Crippen LogP contribution in [0.2, 0.25) is 0 Å². The largest absolute Gasteiger partial charge is 0.271 e. The Labute approximate surface area is 171 Å². The van der Waals surface area contributed by atoms with Gasteiger partial charge in [0.2, 0.25) is 0 Å². The van der Waals surface area contributed by atoms with Gasteiger partial charge >= 0.3 is 0 Å². The monoisotopic (exact) mass is 413 g/mol. The third-order valence-electron chi connectivity index (χ3n) is 5.81. The average Bonchev–Trinajstić information content (AvgIpc) is 2.71. The predicted octanol–water partition coefficient (Wildman–Crippen LogP) is 4.94. The molecule has 29 heavy (non-hydrogen) atoms. The molecule has 2 aromatic carbocycles. The fourth-order valence-electron chi connectivity index (χ4n) is 4.20. The first-order chi connectivity index (χ1) is 13.9. The molecule has 0 spiro atoms. The SMILES string of the molecule is Cc1ccc(S(=O)(=O)N2C/C(=C/C3CCCCC3)c3cccc(F)c3C2=O)cc1. The number of carbonyl (C=O) groups is 1. The van der Waals surface area contributed by atoms with Crippen molar-refractivity contribution in [2.45, 2.75) is 43.9 Å². The molecule has 6 heteroatoms. The van der Waals surface area contributed by atoms with E-state index in [2.05, 4.69) is 6.08 Å². The Balaban J connectivity index is 1.80. The number of allylic oxidation sites excluding steroid dienone is 1. The predicted molar refractivity (Wildman–Crippen MR) is 110 cm³/mol. The summed E-state index contributed by atoms with van der Waals surface area (Å²) < 4.78 is 41.9. The molecule has 1 aliphatic carbocycles. The number of halogens is 1. The second-order valence-electron chi connectivity index (χ2n) is 7.88. The maximum atomic E-state index is 14.6. The van der Waals surface area contributed by atoms with Crippen LogP contribution < -0.4 is 0 Å². The van der Waals surface area contributed by atoms with E-state index < -0.39 is 21.7 Å². The van der Waals surface area contributed by atoms with Crippen molar-refractivity contribution in [2.24, 2.45) is 5.92 Å². The van der Waals surface area contributed by atoms with E-state index in [1.165, 1.54) is 24.6 Å². The van der Waals surface area contributed by atoms with Crippen LogP contribution in [0.1, 0.15) is 53.6 Å². The van der Waals surface area contributed by atoms with Crippen molar-refractivity contribution >= 4 is 21.5 Å². The zero-order valence-corrected chi connectivity index (χ0v) is 17.2. The van der Waals surface area contributed by atoms with E-state index >= 15 is 0 Å². The summed E-state index contributed by atoms with van der Waals surface area (Å²) >= 11 is 0. The summed E-state index contributed by atoms with van der Waals surface area (Å²) in [5, 5.41) is 0. The summed E-state index contributed by atoms with van der Waals surface area (Å²) in [6.45, 7) is 1.79. The number of rotatable bonds is 3. The Kier molecular flexibility index (Phi) is 5.30. The Bertz CT molecular complexity index is 1070. The van der Waals surface area contributed by atoms with Crippen LogP contribution in [0, 0.1) is 18.7 Å². The highest BCUT2D eigenvalue weighted by Crippen LogP contribution is 2.35. The highest BCUT2D eigenvalue weighted by molar-refractivity contribution is 7.89. The molecule has 0 saturated heterocycles. The minimum absolute atomic E-state index is 0.0354. The molecule has 2 aromatic rings. The van der Waals surface area contributed by atoms with E-state index in [4.69, 9.17) is 0 Å². The number of benzene rings is 2. The van der Waals surface area contributed by atoms with Crippen LogP contribution in [0.3, 0.4) is 0 Å². The highest BCUT2D eigenvalue weighted by Gasteiger charge is 2.38. The molecule has 152 valence electrons. The molecule has 0 radical (unpaired) electrons. The van der Waals surface area contributed by atoms with Crippen molar-refractivity contribution < 1.29 is 17.6 Å². The van der Waals surface area contributed by atoms with Gasteiger partial charge in [-0.1, -0.05) is 55.2 Å². The number of nitrogens with zero attached hydrogens (tertiary/aromatic N) is 1. The topological polar surface area (TPSA) is 54.5 Å². The van der Waals surface area contributed by atoms with Crippen LogP contribution in [0.15, 0.2) is 53.4 Å². The maximum absolute atomic E-state index is 14.6. The molecule has 0 aromatic heterocycles. The summed E-state index contributed by atoms with van der Waals surface area (Å²) in [4.78, 5) is 13.1. The number of fused-ring (bicyclic) bond motifs is 1. The molecule has 1 fully saturated rings. The molecule has 0 atom stereocenters. The first kappa shape index (κ1) is 19.8. The third kappa shape index (κ3) is 3.73. The van der Waals surface area contributed by atoms with E-state index in [0.29, 0.717) is 17.1 Å². The van der Waals surface area contributed by atoms with Crippen LogP contribution in [-0.2, 0) is 10.0 Å². The Morgan fingerprint density at radius 1 is 1.03 bits per heavy atom. The molecule has 1 heterocycles. The number of amides is 1. The number of aryl methyl sites for hydroxylation is 1. The molecule has 4 nitrogen and oxygen atoms in total. The molecular weight excluding hydrogens is 389 g/mol. The molecule has 0 N–H and O–H groups in total. The highest BCUT2D eigenvalue weighted by atomic mass is 32.2. The van der Waals surface area contributed by atoms with Crippen molar-refractivity contribution in [3.63, 3.8) is 0 Å². The number of hydrogen-bond donors (Lipinski definition) is 0. The van der Waals surface area contributed by atoms with Gasteiger partial charge in [-0.2, -0.15) is 0 Å². The van der Waals surface area contributed by atoms with E-state index in [1.807, 2.05) is 6.92 Å². The summed E-state index contributed by atoms with van der Waals surface area (Å²) in [5.74, 6) is -1.17.